The van der Waals surface area contributed by atoms with Crippen LogP contribution in [0.3, 0.4) is 0 Å². The van der Waals surface area contributed by atoms with Gasteiger partial charge >= 0.3 is 0 Å². The highest BCUT2D eigenvalue weighted by atomic mass is 28.3. The molecule has 0 N–H and O–H groups in total. The molecule has 2 heteroatoms. The van der Waals surface area contributed by atoms with Gasteiger partial charge in [0.1, 0.15) is 5.75 Å². The number of hydrogen-bond donors (Lipinski definition) is 0. The van der Waals surface area contributed by atoms with E-state index in [1.165, 1.54) is 27.5 Å². The van der Waals surface area contributed by atoms with E-state index < -0.39 is 8.07 Å². The van der Waals surface area contributed by atoms with Gasteiger partial charge in [0.25, 0.3) is 0 Å². The van der Waals surface area contributed by atoms with Crippen molar-refractivity contribution in [1.82, 2.24) is 0 Å². The Kier molecular flexibility index (Phi) is 5.43. The second-order valence-corrected chi connectivity index (χ2v) is 12.6. The van der Waals surface area contributed by atoms with Crippen LogP contribution in [-0.2, 0) is 0 Å². The van der Waals surface area contributed by atoms with E-state index in [1.54, 1.807) is 7.11 Å². The molecule has 3 aromatic carbocycles. The lowest BCUT2D eigenvalue weighted by atomic mass is 10.0. The van der Waals surface area contributed by atoms with Crippen molar-refractivity contribution in [2.45, 2.75) is 19.6 Å². The van der Waals surface area contributed by atoms with Gasteiger partial charge in [-0.05, 0) is 34.4 Å². The highest BCUT2D eigenvalue weighted by Gasteiger charge is 2.21. The average molecular weight is 359 g/mol. The fourth-order valence-electron chi connectivity index (χ4n) is 3.07. The summed E-state index contributed by atoms with van der Waals surface area (Å²) < 4.78 is 5.30. The van der Waals surface area contributed by atoms with Crippen LogP contribution >= 0.6 is 0 Å². The molecule has 1 nitrogen and oxygen atoms in total. The maximum absolute atomic E-state index is 5.30. The Morgan fingerprint density at radius 3 is 1.85 bits per heavy atom. The second kappa shape index (κ2) is 7.75. The lowest BCUT2D eigenvalue weighted by Crippen LogP contribution is -2.22. The zero-order chi connectivity index (χ0) is 18.6. The fraction of sp³-hybridized carbons (Fsp3) is 0.167. The first-order chi connectivity index (χ1) is 12.5. The maximum atomic E-state index is 5.30. The van der Waals surface area contributed by atoms with E-state index in [1.807, 2.05) is 12.1 Å². The third-order valence-electron chi connectivity index (χ3n) is 4.54. The van der Waals surface area contributed by atoms with E-state index in [0.29, 0.717) is 0 Å². The molecule has 0 fully saturated rings. The van der Waals surface area contributed by atoms with Crippen LogP contribution in [-0.4, -0.2) is 15.2 Å². The second-order valence-electron chi connectivity index (χ2n) is 7.52. The molecule has 0 aliphatic carbocycles. The molecule has 3 rings (SSSR count). The molecule has 0 bridgehead atoms. The summed E-state index contributed by atoms with van der Waals surface area (Å²) in [5.74, 6) is 0.899. The highest BCUT2D eigenvalue weighted by molar-refractivity contribution is 6.94. The van der Waals surface area contributed by atoms with Crippen molar-refractivity contribution in [3.05, 3.63) is 90.0 Å². The lowest BCUT2D eigenvalue weighted by Gasteiger charge is -2.22. The van der Waals surface area contributed by atoms with Crippen LogP contribution in [0, 0.1) is 0 Å². The topological polar surface area (TPSA) is 9.23 Å². The van der Waals surface area contributed by atoms with Gasteiger partial charge in [0.05, 0.1) is 15.2 Å². The minimum atomic E-state index is -1.50. The largest absolute Gasteiger partial charge is 0.497 e. The van der Waals surface area contributed by atoms with Crippen molar-refractivity contribution in [3.63, 3.8) is 0 Å². The van der Waals surface area contributed by atoms with Crippen LogP contribution < -0.4 is 4.74 Å². The van der Waals surface area contributed by atoms with E-state index >= 15 is 0 Å². The van der Waals surface area contributed by atoms with Crippen molar-refractivity contribution < 1.29 is 4.74 Å². The summed E-state index contributed by atoms with van der Waals surface area (Å²) in [5, 5.41) is 1.45. The van der Waals surface area contributed by atoms with Crippen LogP contribution in [0.15, 0.2) is 78.9 Å². The van der Waals surface area contributed by atoms with Gasteiger partial charge in [0.2, 0.25) is 0 Å². The van der Waals surface area contributed by atoms with E-state index in [0.717, 1.165) is 5.75 Å². The zero-order valence-electron chi connectivity index (χ0n) is 16.0. The number of hydrogen-bond acceptors (Lipinski definition) is 1. The Labute approximate surface area is 158 Å². The molecule has 0 aliphatic rings. The molecule has 0 radical (unpaired) electrons. The van der Waals surface area contributed by atoms with Crippen LogP contribution in [0.5, 0.6) is 5.75 Å². The molecule has 26 heavy (non-hydrogen) atoms. The fourth-order valence-corrected chi connectivity index (χ4v) is 4.70. The quantitative estimate of drug-likeness (QED) is 0.361. The smallest absolute Gasteiger partial charge is 0.118 e. The lowest BCUT2D eigenvalue weighted by molar-refractivity contribution is 0.415. The maximum Gasteiger partial charge on any atom is 0.118 e. The number of benzene rings is 3. The van der Waals surface area contributed by atoms with E-state index in [9.17, 15) is 0 Å². The van der Waals surface area contributed by atoms with Crippen molar-refractivity contribution in [1.29, 1.82) is 0 Å². The van der Waals surface area contributed by atoms with Crippen LogP contribution in [0.4, 0.5) is 0 Å². The first kappa shape index (κ1) is 18.2. The van der Waals surface area contributed by atoms with Crippen molar-refractivity contribution in [2.75, 3.05) is 7.11 Å². The van der Waals surface area contributed by atoms with E-state index in [4.69, 9.17) is 4.74 Å². The summed E-state index contributed by atoms with van der Waals surface area (Å²) in [6.45, 7) is 7.17. The molecule has 0 saturated heterocycles. The summed E-state index contributed by atoms with van der Waals surface area (Å²) >= 11 is 0. The molecule has 0 aliphatic heterocycles. The standard InChI is InChI=1S/C24H26OSi/c1-25-23-16-14-22(15-17-23)24(26(2,3)4)18-19-10-12-21(13-11-19)20-8-6-5-7-9-20/h5-18H,1-4H3/b24-18-. The predicted molar refractivity (Wildman–Crippen MR) is 116 cm³/mol. The summed E-state index contributed by atoms with van der Waals surface area (Å²) in [4.78, 5) is 0. The first-order valence-electron chi connectivity index (χ1n) is 8.99. The number of rotatable bonds is 5. The molecule has 0 saturated carbocycles. The Hall–Kier alpha value is -2.58. The van der Waals surface area contributed by atoms with Crippen molar-refractivity contribution in [3.8, 4) is 16.9 Å². The first-order valence-corrected chi connectivity index (χ1v) is 12.5. The van der Waals surface area contributed by atoms with E-state index in [2.05, 4.69) is 92.4 Å². The third-order valence-corrected chi connectivity index (χ3v) is 6.59. The SMILES string of the molecule is COc1ccc(/C(=C/c2ccc(-c3ccccc3)cc2)[Si](C)(C)C)cc1. The van der Waals surface area contributed by atoms with Gasteiger partial charge in [-0.3, -0.25) is 0 Å². The molecule has 0 atom stereocenters. The Morgan fingerprint density at radius 1 is 0.731 bits per heavy atom. The summed E-state index contributed by atoms with van der Waals surface area (Å²) in [6.07, 6.45) is 2.35. The van der Waals surface area contributed by atoms with Crippen LogP contribution in [0.1, 0.15) is 11.1 Å². The molecule has 0 aromatic heterocycles. The van der Waals surface area contributed by atoms with E-state index in [-0.39, 0.29) is 0 Å². The average Bonchev–Trinajstić information content (AvgIpc) is 2.66. The van der Waals surface area contributed by atoms with Gasteiger partial charge in [-0.15, -0.1) is 0 Å². The molecule has 0 spiro atoms. The predicted octanol–water partition coefficient (Wildman–Crippen LogP) is 6.78. The Balaban J connectivity index is 1.95. The molecule has 3 aromatic rings. The normalized spacial score (nSPS) is 12.1. The minimum absolute atomic E-state index is 0.899. The molecular formula is C24H26OSi. The van der Waals surface area contributed by atoms with Gasteiger partial charge < -0.3 is 4.74 Å². The summed E-state index contributed by atoms with van der Waals surface area (Å²) in [6, 6.07) is 27.8. The molecule has 132 valence electrons. The molecule has 0 heterocycles. The minimum Gasteiger partial charge on any atom is -0.497 e. The van der Waals surface area contributed by atoms with Gasteiger partial charge in [-0.1, -0.05) is 97.6 Å². The Morgan fingerprint density at radius 2 is 1.31 bits per heavy atom. The Bertz CT molecular complexity index is 870. The van der Waals surface area contributed by atoms with Gasteiger partial charge in [-0.25, -0.2) is 0 Å². The number of methoxy groups -OCH3 is 1. The monoisotopic (exact) mass is 358 g/mol. The molecule has 0 unspecified atom stereocenters. The van der Waals surface area contributed by atoms with Gasteiger partial charge in [0.15, 0.2) is 0 Å². The number of ether oxygens (including phenoxy) is 1. The van der Waals surface area contributed by atoms with Crippen LogP contribution in [0.25, 0.3) is 22.4 Å². The molecular weight excluding hydrogens is 332 g/mol. The zero-order valence-corrected chi connectivity index (χ0v) is 17.0. The third kappa shape index (κ3) is 4.33. The van der Waals surface area contributed by atoms with Crippen molar-refractivity contribution >= 4 is 19.3 Å². The highest BCUT2D eigenvalue weighted by Crippen LogP contribution is 2.30. The van der Waals surface area contributed by atoms with Gasteiger partial charge in [0, 0.05) is 0 Å². The summed E-state index contributed by atoms with van der Waals surface area (Å²) in [5.41, 5.74) is 5.04. The van der Waals surface area contributed by atoms with Gasteiger partial charge in [-0.2, -0.15) is 0 Å². The molecule has 0 amide bonds. The van der Waals surface area contributed by atoms with Crippen molar-refractivity contribution in [2.24, 2.45) is 0 Å². The van der Waals surface area contributed by atoms with Crippen LogP contribution in [0.2, 0.25) is 19.6 Å². The summed E-state index contributed by atoms with van der Waals surface area (Å²) in [7, 11) is 0.212.